The lowest BCUT2D eigenvalue weighted by atomic mass is 10.2. The first-order chi connectivity index (χ1) is 9.49. The van der Waals surface area contributed by atoms with Crippen molar-refractivity contribution in [3.05, 3.63) is 0 Å². The predicted octanol–water partition coefficient (Wildman–Crippen LogP) is 2.10. The summed E-state index contributed by atoms with van der Waals surface area (Å²) in [6.45, 7) is 14.4. The van der Waals surface area contributed by atoms with Gasteiger partial charge < -0.3 is 9.64 Å². The Hall–Kier alpha value is -1.05. The smallest absolute Gasteiger partial charge is 0.224 e. The van der Waals surface area contributed by atoms with Gasteiger partial charge in [-0.05, 0) is 6.92 Å². The number of ether oxygens (including phenoxy) is 1. The Morgan fingerprint density at radius 1 is 1.25 bits per heavy atom. The van der Waals surface area contributed by atoms with Crippen molar-refractivity contribution >= 4 is 5.91 Å². The molecule has 20 heavy (non-hydrogen) atoms. The predicted molar refractivity (Wildman–Crippen MR) is 85.6 cm³/mol. The number of hydrogen-bond donors (Lipinski definition) is 0. The van der Waals surface area contributed by atoms with Crippen molar-refractivity contribution in [2.75, 3.05) is 46.9 Å². The standard InChI is InChI=1S/C8H13NO.C6H13NO.C2H6/c1-2-3-4-9-5-7-10-8-6-9;1-5(2)6(8)7(3)4;1-2/h4-8H2,1H3;5H,1-4H3;1-2H3. The first kappa shape index (κ1) is 21.3. The lowest BCUT2D eigenvalue weighted by Gasteiger charge is -2.24. The number of carbonyl (C=O) groups is 1. The molecule has 0 aliphatic carbocycles. The lowest BCUT2D eigenvalue weighted by molar-refractivity contribution is -0.131. The van der Waals surface area contributed by atoms with Crippen molar-refractivity contribution in [3.63, 3.8) is 0 Å². The van der Waals surface area contributed by atoms with Crippen LogP contribution >= 0.6 is 0 Å². The minimum absolute atomic E-state index is 0.130. The van der Waals surface area contributed by atoms with Gasteiger partial charge in [0.2, 0.25) is 5.91 Å². The van der Waals surface area contributed by atoms with Crippen LogP contribution in [-0.2, 0) is 9.53 Å². The van der Waals surface area contributed by atoms with Crippen molar-refractivity contribution in [2.45, 2.75) is 34.6 Å². The van der Waals surface area contributed by atoms with Crippen molar-refractivity contribution in [3.8, 4) is 11.8 Å². The Balaban J connectivity index is 0. The van der Waals surface area contributed by atoms with Gasteiger partial charge >= 0.3 is 0 Å². The summed E-state index contributed by atoms with van der Waals surface area (Å²) in [5.74, 6) is 6.24. The highest BCUT2D eigenvalue weighted by Gasteiger charge is 2.07. The quantitative estimate of drug-likeness (QED) is 0.728. The molecule has 0 aromatic carbocycles. The molecule has 0 radical (unpaired) electrons. The zero-order valence-electron chi connectivity index (χ0n) is 14.3. The maximum Gasteiger partial charge on any atom is 0.224 e. The third-order valence-corrected chi connectivity index (χ3v) is 2.52. The minimum atomic E-state index is 0.130. The van der Waals surface area contributed by atoms with Gasteiger partial charge in [0.25, 0.3) is 0 Å². The molecule has 1 heterocycles. The molecule has 0 saturated carbocycles. The van der Waals surface area contributed by atoms with E-state index in [1.807, 2.05) is 34.6 Å². The molecule has 0 N–H and O–H groups in total. The monoisotopic (exact) mass is 284 g/mol. The van der Waals surface area contributed by atoms with Gasteiger partial charge in [0.05, 0.1) is 19.8 Å². The Bertz CT molecular complexity index is 275. The fourth-order valence-electron chi connectivity index (χ4n) is 1.47. The van der Waals surface area contributed by atoms with Crippen molar-refractivity contribution in [1.82, 2.24) is 9.80 Å². The number of rotatable bonds is 2. The number of amides is 1. The summed E-state index contributed by atoms with van der Waals surface area (Å²) in [6, 6.07) is 0. The molecule has 0 aromatic rings. The average molecular weight is 284 g/mol. The summed E-state index contributed by atoms with van der Waals surface area (Å²) in [5, 5.41) is 0. The minimum Gasteiger partial charge on any atom is -0.379 e. The molecule has 1 fully saturated rings. The molecular formula is C16H32N2O2. The molecular weight excluding hydrogens is 252 g/mol. The fraction of sp³-hybridized carbons (Fsp3) is 0.812. The van der Waals surface area contributed by atoms with Gasteiger partial charge in [-0.2, -0.15) is 0 Å². The molecule has 1 aliphatic heterocycles. The van der Waals surface area contributed by atoms with Gasteiger partial charge in [-0.15, -0.1) is 5.92 Å². The molecule has 0 atom stereocenters. The summed E-state index contributed by atoms with van der Waals surface area (Å²) in [7, 11) is 3.53. The van der Waals surface area contributed by atoms with E-state index in [0.717, 1.165) is 32.8 Å². The van der Waals surface area contributed by atoms with E-state index < -0.39 is 0 Å². The van der Waals surface area contributed by atoms with Crippen LogP contribution in [0.25, 0.3) is 0 Å². The molecule has 1 rings (SSSR count). The highest BCUT2D eigenvalue weighted by atomic mass is 16.5. The van der Waals surface area contributed by atoms with Crippen LogP contribution in [0.4, 0.5) is 0 Å². The molecule has 1 amide bonds. The molecule has 118 valence electrons. The number of carbonyl (C=O) groups excluding carboxylic acids is 1. The van der Waals surface area contributed by atoms with Crippen LogP contribution < -0.4 is 0 Å². The van der Waals surface area contributed by atoms with Crippen LogP contribution in [0.15, 0.2) is 0 Å². The highest BCUT2D eigenvalue weighted by molar-refractivity contribution is 5.77. The molecule has 0 aromatic heterocycles. The molecule has 0 spiro atoms. The number of nitrogens with zero attached hydrogens (tertiary/aromatic N) is 2. The van der Waals surface area contributed by atoms with Gasteiger partial charge in [0.1, 0.15) is 0 Å². The zero-order valence-corrected chi connectivity index (χ0v) is 14.3. The first-order valence-corrected chi connectivity index (χ1v) is 7.40. The molecule has 4 nitrogen and oxygen atoms in total. The topological polar surface area (TPSA) is 32.8 Å². The number of hydrogen-bond acceptors (Lipinski definition) is 3. The van der Waals surface area contributed by atoms with Crippen LogP contribution in [0.3, 0.4) is 0 Å². The second-order valence-electron chi connectivity index (χ2n) is 4.70. The van der Waals surface area contributed by atoms with Crippen LogP contribution in [0.1, 0.15) is 34.6 Å². The van der Waals surface area contributed by atoms with Crippen molar-refractivity contribution in [1.29, 1.82) is 0 Å². The summed E-state index contributed by atoms with van der Waals surface area (Å²) >= 11 is 0. The van der Waals surface area contributed by atoms with E-state index in [0.29, 0.717) is 0 Å². The van der Waals surface area contributed by atoms with E-state index in [4.69, 9.17) is 4.74 Å². The van der Waals surface area contributed by atoms with Crippen LogP contribution in [-0.4, -0.2) is 62.7 Å². The summed E-state index contributed by atoms with van der Waals surface area (Å²) in [5.41, 5.74) is 0. The summed E-state index contributed by atoms with van der Waals surface area (Å²) < 4.78 is 5.19. The van der Waals surface area contributed by atoms with Crippen LogP contribution in [0, 0.1) is 17.8 Å². The SMILES string of the molecule is CC.CC#CCN1CCOCC1.CC(C)C(=O)N(C)C. The van der Waals surface area contributed by atoms with Crippen molar-refractivity contribution in [2.24, 2.45) is 5.92 Å². The second kappa shape index (κ2) is 14.4. The van der Waals surface area contributed by atoms with E-state index in [-0.39, 0.29) is 11.8 Å². The van der Waals surface area contributed by atoms with Gasteiger partial charge in [-0.1, -0.05) is 33.6 Å². The third kappa shape index (κ3) is 12.0. The maximum absolute atomic E-state index is 10.8. The molecule has 0 bridgehead atoms. The summed E-state index contributed by atoms with van der Waals surface area (Å²) in [6.07, 6.45) is 0. The third-order valence-electron chi connectivity index (χ3n) is 2.52. The van der Waals surface area contributed by atoms with E-state index in [1.165, 1.54) is 0 Å². The van der Waals surface area contributed by atoms with E-state index in [9.17, 15) is 4.79 Å². The second-order valence-corrected chi connectivity index (χ2v) is 4.70. The molecule has 1 saturated heterocycles. The van der Waals surface area contributed by atoms with Gasteiger partial charge in [-0.25, -0.2) is 0 Å². The maximum atomic E-state index is 10.8. The van der Waals surface area contributed by atoms with E-state index in [1.54, 1.807) is 19.0 Å². The van der Waals surface area contributed by atoms with Crippen molar-refractivity contribution < 1.29 is 9.53 Å². The molecule has 4 heteroatoms. The summed E-state index contributed by atoms with van der Waals surface area (Å²) in [4.78, 5) is 14.7. The Kier molecular flexibility index (Phi) is 15.3. The molecule has 1 aliphatic rings. The van der Waals surface area contributed by atoms with E-state index >= 15 is 0 Å². The normalized spacial score (nSPS) is 14.0. The van der Waals surface area contributed by atoms with Gasteiger partial charge in [-0.3, -0.25) is 9.69 Å². The van der Waals surface area contributed by atoms with E-state index in [2.05, 4.69) is 16.7 Å². The highest BCUT2D eigenvalue weighted by Crippen LogP contribution is 1.95. The number of morpholine rings is 1. The first-order valence-electron chi connectivity index (χ1n) is 7.40. The molecule has 0 unspecified atom stereocenters. The Morgan fingerprint density at radius 3 is 2.05 bits per heavy atom. The zero-order chi connectivity index (χ0) is 16.0. The largest absolute Gasteiger partial charge is 0.379 e. The van der Waals surface area contributed by atoms with Gasteiger partial charge in [0.15, 0.2) is 0 Å². The average Bonchev–Trinajstić information content (AvgIpc) is 2.48. The van der Waals surface area contributed by atoms with Crippen LogP contribution in [0.2, 0.25) is 0 Å². The van der Waals surface area contributed by atoms with Gasteiger partial charge in [0, 0.05) is 33.1 Å². The Morgan fingerprint density at radius 2 is 1.75 bits per heavy atom. The lowest BCUT2D eigenvalue weighted by Crippen LogP contribution is -2.36. The fourth-order valence-corrected chi connectivity index (χ4v) is 1.47. The van der Waals surface area contributed by atoms with Crippen LogP contribution in [0.5, 0.6) is 0 Å². The Labute approximate surface area is 125 Å².